The first-order valence-corrected chi connectivity index (χ1v) is 7.77. The minimum Gasteiger partial charge on any atom is -0.497 e. The number of halogens is 2. The van der Waals surface area contributed by atoms with Crippen LogP contribution in [0.25, 0.3) is 0 Å². The quantitative estimate of drug-likeness (QED) is 0.793. The first kappa shape index (κ1) is 18.1. The SMILES string of the molecule is COc1cccc(C(=O)OCC(=O)NCc2ccc(Cl)cc2Cl)c1. The van der Waals surface area contributed by atoms with Gasteiger partial charge in [-0.05, 0) is 35.9 Å². The third-order valence-electron chi connectivity index (χ3n) is 3.13. The van der Waals surface area contributed by atoms with Gasteiger partial charge in [-0.3, -0.25) is 4.79 Å². The van der Waals surface area contributed by atoms with Gasteiger partial charge in [0.15, 0.2) is 6.61 Å². The summed E-state index contributed by atoms with van der Waals surface area (Å²) in [5.74, 6) is -0.503. The predicted molar refractivity (Wildman–Crippen MR) is 91.6 cm³/mol. The monoisotopic (exact) mass is 367 g/mol. The molecular formula is C17H15Cl2NO4. The molecular weight excluding hydrogens is 353 g/mol. The first-order valence-electron chi connectivity index (χ1n) is 7.01. The molecule has 0 atom stereocenters. The van der Waals surface area contributed by atoms with Gasteiger partial charge in [0.2, 0.25) is 0 Å². The van der Waals surface area contributed by atoms with Crippen LogP contribution in [0.5, 0.6) is 5.75 Å². The molecule has 0 aromatic heterocycles. The molecule has 24 heavy (non-hydrogen) atoms. The fourth-order valence-electron chi connectivity index (χ4n) is 1.87. The average molecular weight is 368 g/mol. The Morgan fingerprint density at radius 1 is 1.12 bits per heavy atom. The van der Waals surface area contributed by atoms with Crippen LogP contribution in [0.2, 0.25) is 10.0 Å². The van der Waals surface area contributed by atoms with Crippen molar-refractivity contribution in [2.75, 3.05) is 13.7 Å². The molecule has 0 aliphatic rings. The molecule has 2 aromatic carbocycles. The van der Waals surface area contributed by atoms with Crippen LogP contribution in [0.1, 0.15) is 15.9 Å². The van der Waals surface area contributed by atoms with Gasteiger partial charge in [0, 0.05) is 16.6 Å². The molecule has 1 amide bonds. The van der Waals surface area contributed by atoms with E-state index >= 15 is 0 Å². The van der Waals surface area contributed by atoms with Crippen molar-refractivity contribution in [2.24, 2.45) is 0 Å². The van der Waals surface area contributed by atoms with Gasteiger partial charge in [-0.1, -0.05) is 35.3 Å². The normalized spacial score (nSPS) is 10.1. The first-order chi connectivity index (χ1) is 11.5. The van der Waals surface area contributed by atoms with Crippen LogP contribution in [-0.4, -0.2) is 25.6 Å². The molecule has 0 aliphatic carbocycles. The number of ether oxygens (including phenoxy) is 2. The molecule has 0 saturated carbocycles. The number of esters is 1. The molecule has 0 bridgehead atoms. The minimum atomic E-state index is -0.603. The number of methoxy groups -OCH3 is 1. The van der Waals surface area contributed by atoms with Crippen molar-refractivity contribution in [2.45, 2.75) is 6.54 Å². The Morgan fingerprint density at radius 2 is 1.92 bits per heavy atom. The van der Waals surface area contributed by atoms with E-state index in [2.05, 4.69) is 5.32 Å². The molecule has 0 aliphatic heterocycles. The van der Waals surface area contributed by atoms with E-state index in [1.165, 1.54) is 13.2 Å². The largest absolute Gasteiger partial charge is 0.497 e. The Morgan fingerprint density at radius 3 is 2.62 bits per heavy atom. The maximum absolute atomic E-state index is 11.9. The highest BCUT2D eigenvalue weighted by molar-refractivity contribution is 6.35. The van der Waals surface area contributed by atoms with Crippen LogP contribution in [0.4, 0.5) is 0 Å². The van der Waals surface area contributed by atoms with Crippen LogP contribution < -0.4 is 10.1 Å². The van der Waals surface area contributed by atoms with Gasteiger partial charge in [0.1, 0.15) is 5.75 Å². The zero-order chi connectivity index (χ0) is 17.5. The predicted octanol–water partition coefficient (Wildman–Crippen LogP) is 3.48. The van der Waals surface area contributed by atoms with Gasteiger partial charge >= 0.3 is 5.97 Å². The second-order valence-electron chi connectivity index (χ2n) is 4.82. The van der Waals surface area contributed by atoms with Crippen molar-refractivity contribution in [3.8, 4) is 5.75 Å². The molecule has 0 unspecified atom stereocenters. The molecule has 0 heterocycles. The van der Waals surface area contributed by atoms with Crippen molar-refractivity contribution in [1.82, 2.24) is 5.32 Å². The fourth-order valence-corrected chi connectivity index (χ4v) is 2.35. The number of carbonyl (C=O) groups excluding carboxylic acids is 2. The van der Waals surface area contributed by atoms with Gasteiger partial charge in [0.25, 0.3) is 5.91 Å². The maximum Gasteiger partial charge on any atom is 0.338 e. The van der Waals surface area contributed by atoms with Crippen LogP contribution in [-0.2, 0) is 16.1 Å². The van der Waals surface area contributed by atoms with Crippen molar-refractivity contribution < 1.29 is 19.1 Å². The summed E-state index contributed by atoms with van der Waals surface area (Å²) in [6, 6.07) is 11.5. The lowest BCUT2D eigenvalue weighted by Crippen LogP contribution is -2.28. The zero-order valence-corrected chi connectivity index (χ0v) is 14.4. The van der Waals surface area contributed by atoms with Crippen LogP contribution >= 0.6 is 23.2 Å². The summed E-state index contributed by atoms with van der Waals surface area (Å²) in [5.41, 5.74) is 1.02. The van der Waals surface area contributed by atoms with E-state index < -0.39 is 11.9 Å². The average Bonchev–Trinajstić information content (AvgIpc) is 2.59. The van der Waals surface area contributed by atoms with Gasteiger partial charge < -0.3 is 14.8 Å². The summed E-state index contributed by atoms with van der Waals surface area (Å²) >= 11 is 11.8. The molecule has 0 saturated heterocycles. The lowest BCUT2D eigenvalue weighted by Gasteiger charge is -2.08. The summed E-state index contributed by atoms with van der Waals surface area (Å²) in [7, 11) is 1.50. The van der Waals surface area contributed by atoms with E-state index in [0.717, 1.165) is 0 Å². The van der Waals surface area contributed by atoms with Gasteiger partial charge in [-0.25, -0.2) is 4.79 Å². The van der Waals surface area contributed by atoms with Crippen molar-refractivity contribution >= 4 is 35.1 Å². The summed E-state index contributed by atoms with van der Waals surface area (Å²) in [6.07, 6.45) is 0. The van der Waals surface area contributed by atoms with Gasteiger partial charge in [-0.2, -0.15) is 0 Å². The van der Waals surface area contributed by atoms with Crippen LogP contribution in [0, 0.1) is 0 Å². The molecule has 1 N–H and O–H groups in total. The highest BCUT2D eigenvalue weighted by Gasteiger charge is 2.11. The lowest BCUT2D eigenvalue weighted by molar-refractivity contribution is -0.124. The molecule has 0 spiro atoms. The molecule has 2 aromatic rings. The van der Waals surface area contributed by atoms with Gasteiger partial charge in [0.05, 0.1) is 12.7 Å². The second-order valence-corrected chi connectivity index (χ2v) is 5.66. The third-order valence-corrected chi connectivity index (χ3v) is 3.72. The molecule has 126 valence electrons. The number of benzene rings is 2. The minimum absolute atomic E-state index is 0.214. The molecule has 0 fully saturated rings. The van der Waals surface area contributed by atoms with Crippen LogP contribution in [0.15, 0.2) is 42.5 Å². The lowest BCUT2D eigenvalue weighted by atomic mass is 10.2. The summed E-state index contributed by atoms with van der Waals surface area (Å²) < 4.78 is 10.00. The van der Waals surface area contributed by atoms with Crippen molar-refractivity contribution in [3.05, 3.63) is 63.6 Å². The Hall–Kier alpha value is -2.24. The standard InChI is InChI=1S/C17H15Cl2NO4/c1-23-14-4-2-3-11(7-14)17(22)24-10-16(21)20-9-12-5-6-13(18)8-15(12)19/h2-8H,9-10H2,1H3,(H,20,21). The topological polar surface area (TPSA) is 64.6 Å². The second kappa shape index (κ2) is 8.57. The summed E-state index contributed by atoms with van der Waals surface area (Å²) in [5, 5.41) is 3.59. The number of hydrogen-bond donors (Lipinski definition) is 1. The smallest absolute Gasteiger partial charge is 0.338 e. The van der Waals surface area contributed by atoms with Crippen molar-refractivity contribution in [1.29, 1.82) is 0 Å². The Labute approximate surface area is 149 Å². The van der Waals surface area contributed by atoms with E-state index in [1.807, 2.05) is 0 Å². The number of amides is 1. The van der Waals surface area contributed by atoms with E-state index in [1.54, 1.807) is 36.4 Å². The molecule has 0 radical (unpaired) electrons. The number of nitrogens with one attached hydrogen (secondary N) is 1. The number of hydrogen-bond acceptors (Lipinski definition) is 4. The van der Waals surface area contributed by atoms with E-state index in [9.17, 15) is 9.59 Å². The molecule has 7 heteroatoms. The number of carbonyl (C=O) groups is 2. The fraction of sp³-hybridized carbons (Fsp3) is 0.176. The summed E-state index contributed by atoms with van der Waals surface area (Å²) in [4.78, 5) is 23.7. The highest BCUT2D eigenvalue weighted by Crippen LogP contribution is 2.20. The Bertz CT molecular complexity index is 749. The maximum atomic E-state index is 11.9. The Balaban J connectivity index is 1.83. The third kappa shape index (κ3) is 5.15. The van der Waals surface area contributed by atoms with E-state index in [-0.39, 0.29) is 13.2 Å². The highest BCUT2D eigenvalue weighted by atomic mass is 35.5. The molecule has 2 rings (SSSR count). The van der Waals surface area contributed by atoms with Gasteiger partial charge in [-0.15, -0.1) is 0 Å². The zero-order valence-electron chi connectivity index (χ0n) is 12.8. The van der Waals surface area contributed by atoms with Crippen molar-refractivity contribution in [3.63, 3.8) is 0 Å². The number of rotatable bonds is 6. The molecule has 5 nitrogen and oxygen atoms in total. The van der Waals surface area contributed by atoms with E-state index in [0.29, 0.717) is 26.9 Å². The van der Waals surface area contributed by atoms with E-state index in [4.69, 9.17) is 32.7 Å². The van der Waals surface area contributed by atoms with Crippen LogP contribution in [0.3, 0.4) is 0 Å². The summed E-state index contributed by atoms with van der Waals surface area (Å²) in [6.45, 7) is -0.174. The Kier molecular flexibility index (Phi) is 6.46.